The van der Waals surface area contributed by atoms with Gasteiger partial charge < -0.3 is 9.64 Å². The molecule has 0 amide bonds. The molecule has 20 heavy (non-hydrogen) atoms. The van der Waals surface area contributed by atoms with Crippen molar-refractivity contribution in [1.29, 1.82) is 5.26 Å². The average Bonchev–Trinajstić information content (AvgIpc) is 2.47. The molecule has 1 heterocycles. The minimum atomic E-state index is 0.559. The number of aromatic nitrogens is 1. The standard InChI is InChI=1S/C15H14BrN3O/c1-19(15-11(9-17)4-3-7-18-15)10-12-8-13(16)5-6-14(12)20-2/h3-8H,10H2,1-2H3. The average molecular weight is 332 g/mol. The Bertz CT molecular complexity index is 652. The lowest BCUT2D eigenvalue weighted by molar-refractivity contribution is 0.409. The number of methoxy groups -OCH3 is 1. The van der Waals surface area contributed by atoms with Gasteiger partial charge >= 0.3 is 0 Å². The molecule has 0 bridgehead atoms. The van der Waals surface area contributed by atoms with Crippen molar-refractivity contribution in [3.8, 4) is 11.8 Å². The number of ether oxygens (including phenoxy) is 1. The molecule has 2 aromatic rings. The van der Waals surface area contributed by atoms with Crippen molar-refractivity contribution < 1.29 is 4.74 Å². The molecule has 0 aliphatic carbocycles. The molecule has 0 N–H and O–H groups in total. The fourth-order valence-electron chi connectivity index (χ4n) is 1.99. The van der Waals surface area contributed by atoms with E-state index >= 15 is 0 Å². The van der Waals surface area contributed by atoms with E-state index in [-0.39, 0.29) is 0 Å². The van der Waals surface area contributed by atoms with E-state index in [0.29, 0.717) is 17.9 Å². The van der Waals surface area contributed by atoms with Gasteiger partial charge in [0, 0.05) is 29.8 Å². The molecule has 0 saturated carbocycles. The van der Waals surface area contributed by atoms with Crippen LogP contribution in [-0.2, 0) is 6.54 Å². The zero-order valence-electron chi connectivity index (χ0n) is 11.3. The van der Waals surface area contributed by atoms with Gasteiger partial charge in [0.05, 0.1) is 12.7 Å². The second-order valence-electron chi connectivity index (χ2n) is 4.30. The Kier molecular flexibility index (Phi) is 4.59. The second-order valence-corrected chi connectivity index (χ2v) is 5.21. The van der Waals surface area contributed by atoms with Crippen LogP contribution in [0.15, 0.2) is 41.0 Å². The van der Waals surface area contributed by atoms with Crippen LogP contribution in [-0.4, -0.2) is 19.1 Å². The molecular formula is C15H14BrN3O. The summed E-state index contributed by atoms with van der Waals surface area (Å²) in [6.07, 6.45) is 1.69. The van der Waals surface area contributed by atoms with Crippen LogP contribution in [0, 0.1) is 11.3 Å². The second kappa shape index (κ2) is 6.40. The van der Waals surface area contributed by atoms with E-state index < -0.39 is 0 Å². The van der Waals surface area contributed by atoms with Gasteiger partial charge in [0.15, 0.2) is 0 Å². The molecule has 0 atom stereocenters. The fraction of sp³-hybridized carbons (Fsp3) is 0.200. The van der Waals surface area contributed by atoms with Gasteiger partial charge in [0.2, 0.25) is 0 Å². The van der Waals surface area contributed by atoms with E-state index in [1.807, 2.05) is 30.1 Å². The number of nitrogens with zero attached hydrogens (tertiary/aromatic N) is 3. The molecule has 0 aliphatic heterocycles. The van der Waals surface area contributed by atoms with Crippen molar-refractivity contribution in [1.82, 2.24) is 4.98 Å². The highest BCUT2D eigenvalue weighted by molar-refractivity contribution is 9.10. The SMILES string of the molecule is COc1ccc(Br)cc1CN(C)c1ncccc1C#N. The van der Waals surface area contributed by atoms with Gasteiger partial charge in [-0.25, -0.2) is 4.98 Å². The summed E-state index contributed by atoms with van der Waals surface area (Å²) in [6, 6.07) is 11.5. The Morgan fingerprint density at radius 3 is 2.90 bits per heavy atom. The van der Waals surface area contributed by atoms with E-state index in [1.165, 1.54) is 0 Å². The van der Waals surface area contributed by atoms with Crippen molar-refractivity contribution in [3.63, 3.8) is 0 Å². The van der Waals surface area contributed by atoms with Crippen molar-refractivity contribution in [3.05, 3.63) is 52.1 Å². The molecule has 1 aromatic heterocycles. The summed E-state index contributed by atoms with van der Waals surface area (Å²) in [5, 5.41) is 9.13. The summed E-state index contributed by atoms with van der Waals surface area (Å²) in [7, 11) is 3.55. The van der Waals surface area contributed by atoms with Gasteiger partial charge in [-0.15, -0.1) is 0 Å². The number of benzene rings is 1. The van der Waals surface area contributed by atoms with Crippen molar-refractivity contribution in [2.24, 2.45) is 0 Å². The van der Waals surface area contributed by atoms with E-state index in [1.54, 1.807) is 25.4 Å². The first-order chi connectivity index (χ1) is 9.65. The summed E-state index contributed by atoms with van der Waals surface area (Å²) in [6.45, 7) is 0.605. The van der Waals surface area contributed by atoms with Crippen molar-refractivity contribution in [2.75, 3.05) is 19.1 Å². The first-order valence-electron chi connectivity index (χ1n) is 6.04. The number of nitriles is 1. The van der Waals surface area contributed by atoms with E-state index in [0.717, 1.165) is 15.8 Å². The van der Waals surface area contributed by atoms with Crippen LogP contribution < -0.4 is 9.64 Å². The van der Waals surface area contributed by atoms with Gasteiger partial charge in [0.1, 0.15) is 17.6 Å². The van der Waals surface area contributed by atoms with Crippen molar-refractivity contribution in [2.45, 2.75) is 6.54 Å². The van der Waals surface area contributed by atoms with Crippen molar-refractivity contribution >= 4 is 21.7 Å². The maximum absolute atomic E-state index is 9.13. The predicted molar refractivity (Wildman–Crippen MR) is 81.8 cm³/mol. The summed E-state index contributed by atoms with van der Waals surface area (Å²) < 4.78 is 6.35. The number of hydrogen-bond donors (Lipinski definition) is 0. The van der Waals surface area contributed by atoms with Gasteiger partial charge in [-0.05, 0) is 30.3 Å². The smallest absolute Gasteiger partial charge is 0.146 e. The van der Waals surface area contributed by atoms with E-state index in [2.05, 4.69) is 27.0 Å². The van der Waals surface area contributed by atoms with Crippen LogP contribution in [0.3, 0.4) is 0 Å². The fourth-order valence-corrected chi connectivity index (χ4v) is 2.40. The Morgan fingerprint density at radius 1 is 1.40 bits per heavy atom. The molecule has 0 radical (unpaired) electrons. The number of anilines is 1. The third-order valence-corrected chi connectivity index (χ3v) is 3.41. The topological polar surface area (TPSA) is 49.1 Å². The van der Waals surface area contributed by atoms with Crippen LogP contribution >= 0.6 is 15.9 Å². The number of hydrogen-bond acceptors (Lipinski definition) is 4. The Balaban J connectivity index is 2.30. The van der Waals surface area contributed by atoms with Gasteiger partial charge in [-0.1, -0.05) is 15.9 Å². The van der Waals surface area contributed by atoms with Gasteiger partial charge in [-0.3, -0.25) is 0 Å². The maximum atomic E-state index is 9.13. The van der Waals surface area contributed by atoms with Gasteiger partial charge in [-0.2, -0.15) is 5.26 Å². The molecule has 0 unspecified atom stereocenters. The third-order valence-electron chi connectivity index (χ3n) is 2.92. The summed E-state index contributed by atoms with van der Waals surface area (Å²) >= 11 is 3.46. The minimum Gasteiger partial charge on any atom is -0.496 e. The Hall–Kier alpha value is -2.06. The molecule has 0 saturated heterocycles. The van der Waals surface area contributed by atoms with Crippen LogP contribution in [0.25, 0.3) is 0 Å². The molecule has 0 aliphatic rings. The molecule has 4 nitrogen and oxygen atoms in total. The molecule has 0 fully saturated rings. The van der Waals surface area contributed by atoms with Crippen LogP contribution in [0.5, 0.6) is 5.75 Å². The quantitative estimate of drug-likeness (QED) is 0.861. The number of rotatable bonds is 4. The summed E-state index contributed by atoms with van der Waals surface area (Å²) in [5.74, 6) is 1.48. The van der Waals surface area contributed by atoms with Gasteiger partial charge in [0.25, 0.3) is 0 Å². The molecule has 1 aromatic carbocycles. The molecule has 0 spiro atoms. The zero-order valence-corrected chi connectivity index (χ0v) is 12.9. The first kappa shape index (κ1) is 14.4. The lowest BCUT2D eigenvalue weighted by atomic mass is 10.2. The summed E-state index contributed by atoms with van der Waals surface area (Å²) in [5.41, 5.74) is 1.59. The lowest BCUT2D eigenvalue weighted by Crippen LogP contribution is -2.19. The number of pyridine rings is 1. The minimum absolute atomic E-state index is 0.559. The summed E-state index contributed by atoms with van der Waals surface area (Å²) in [4.78, 5) is 6.21. The maximum Gasteiger partial charge on any atom is 0.146 e. The normalized spacial score (nSPS) is 9.90. The predicted octanol–water partition coefficient (Wildman–Crippen LogP) is 3.36. The molecular weight excluding hydrogens is 318 g/mol. The molecule has 5 heteroatoms. The lowest BCUT2D eigenvalue weighted by Gasteiger charge is -2.20. The monoisotopic (exact) mass is 331 g/mol. The highest BCUT2D eigenvalue weighted by Gasteiger charge is 2.11. The largest absolute Gasteiger partial charge is 0.496 e. The van der Waals surface area contributed by atoms with Crippen LogP contribution in [0.4, 0.5) is 5.82 Å². The van der Waals surface area contributed by atoms with E-state index in [9.17, 15) is 0 Å². The Labute approximate surface area is 126 Å². The highest BCUT2D eigenvalue weighted by atomic mass is 79.9. The molecule has 2 rings (SSSR count). The van der Waals surface area contributed by atoms with E-state index in [4.69, 9.17) is 10.00 Å². The number of halogens is 1. The Morgan fingerprint density at radius 2 is 2.20 bits per heavy atom. The first-order valence-corrected chi connectivity index (χ1v) is 6.83. The van der Waals surface area contributed by atoms with Crippen LogP contribution in [0.1, 0.15) is 11.1 Å². The third kappa shape index (κ3) is 3.09. The highest BCUT2D eigenvalue weighted by Crippen LogP contribution is 2.26. The van der Waals surface area contributed by atoms with Crippen LogP contribution in [0.2, 0.25) is 0 Å². The molecule has 102 valence electrons. The zero-order chi connectivity index (χ0) is 14.5.